The van der Waals surface area contributed by atoms with Crippen LogP contribution < -0.4 is 5.32 Å². The van der Waals surface area contributed by atoms with Crippen LogP contribution in [-0.2, 0) is 14.8 Å². The van der Waals surface area contributed by atoms with Crippen LogP contribution in [0.3, 0.4) is 0 Å². The second kappa shape index (κ2) is 7.68. The van der Waals surface area contributed by atoms with Crippen LogP contribution in [-0.4, -0.2) is 67.7 Å². The predicted octanol–water partition coefficient (Wildman–Crippen LogP) is 0.427. The van der Waals surface area contributed by atoms with Crippen LogP contribution in [0.25, 0.3) is 0 Å². The van der Waals surface area contributed by atoms with Crippen molar-refractivity contribution in [2.45, 2.75) is 17.7 Å². The van der Waals surface area contributed by atoms with Crippen molar-refractivity contribution >= 4 is 21.6 Å². The average Bonchev–Trinajstić information content (AvgIpc) is 3.46. The molecule has 0 unspecified atom stereocenters. The summed E-state index contributed by atoms with van der Waals surface area (Å²) in [7, 11) is -3.97. The monoisotopic (exact) mass is 382 g/mol. The second-order valence-corrected chi connectivity index (χ2v) is 8.49. The Hall–Kier alpha value is -2.04. The highest BCUT2D eigenvalue weighted by atomic mass is 32.2. The Morgan fingerprint density at radius 2 is 1.85 bits per heavy atom. The number of sulfonamides is 1. The van der Waals surface area contributed by atoms with E-state index in [-0.39, 0.29) is 43.5 Å². The zero-order valence-electron chi connectivity index (χ0n) is 14.3. The van der Waals surface area contributed by atoms with Gasteiger partial charge in [0.1, 0.15) is 0 Å². The first-order chi connectivity index (χ1) is 12.4. The second-order valence-electron chi connectivity index (χ2n) is 6.58. The molecule has 1 heterocycles. The van der Waals surface area contributed by atoms with Crippen molar-refractivity contribution in [3.63, 3.8) is 0 Å². The highest BCUT2D eigenvalue weighted by molar-refractivity contribution is 7.89. The number of nitro groups is 1. The molecule has 3 rings (SSSR count). The maximum atomic E-state index is 12.7. The van der Waals surface area contributed by atoms with Crippen LogP contribution in [0.15, 0.2) is 29.2 Å². The molecule has 1 N–H and O–H groups in total. The van der Waals surface area contributed by atoms with E-state index in [4.69, 9.17) is 0 Å². The lowest BCUT2D eigenvalue weighted by molar-refractivity contribution is -0.387. The van der Waals surface area contributed by atoms with Crippen LogP contribution in [0.1, 0.15) is 12.8 Å². The van der Waals surface area contributed by atoms with Gasteiger partial charge < -0.3 is 10.2 Å². The normalized spacial score (nSPS) is 18.7. The summed E-state index contributed by atoms with van der Waals surface area (Å²) in [5, 5.41) is 14.2. The number of nitrogens with zero attached hydrogens (tertiary/aromatic N) is 3. The lowest BCUT2D eigenvalue weighted by Crippen LogP contribution is -2.52. The largest absolute Gasteiger partial charge is 0.339 e. The lowest BCUT2D eigenvalue weighted by atomic mass is 10.3. The number of hydrogen-bond donors (Lipinski definition) is 1. The molecule has 1 aromatic rings. The molecule has 1 amide bonds. The van der Waals surface area contributed by atoms with E-state index in [1.165, 1.54) is 41.4 Å². The topological polar surface area (TPSA) is 113 Å². The standard InChI is InChI=1S/C16H22N4O5S/c21-16(12-17-11-13-5-6-13)18-7-9-19(10-8-18)26(24,25)15-4-2-1-3-14(15)20(22)23/h1-4,13,17H,5-12H2. The first kappa shape index (κ1) is 18.7. The molecule has 0 atom stereocenters. The van der Waals surface area contributed by atoms with Crippen molar-refractivity contribution in [3.8, 4) is 0 Å². The molecule has 0 bridgehead atoms. The number of hydrogen-bond acceptors (Lipinski definition) is 6. The third-order valence-corrected chi connectivity index (χ3v) is 6.62. The molecule has 1 saturated carbocycles. The van der Waals surface area contributed by atoms with Crippen molar-refractivity contribution in [1.29, 1.82) is 0 Å². The fraction of sp³-hybridized carbons (Fsp3) is 0.562. The Kier molecular flexibility index (Phi) is 5.54. The summed E-state index contributed by atoms with van der Waals surface area (Å²) in [6, 6.07) is 5.32. The number of amides is 1. The Labute approximate surface area is 152 Å². The van der Waals surface area contributed by atoms with Gasteiger partial charge in [-0.05, 0) is 31.4 Å². The number of carbonyl (C=O) groups excluding carboxylic acids is 1. The van der Waals surface area contributed by atoms with Gasteiger partial charge in [0.25, 0.3) is 5.69 Å². The molecule has 2 aliphatic rings. The Balaban J connectivity index is 1.60. The number of rotatable bonds is 7. The summed E-state index contributed by atoms with van der Waals surface area (Å²) in [5.41, 5.74) is -0.435. The summed E-state index contributed by atoms with van der Waals surface area (Å²) in [4.78, 5) is 23.9. The van der Waals surface area contributed by atoms with Crippen LogP contribution >= 0.6 is 0 Å². The van der Waals surface area contributed by atoms with Crippen LogP contribution in [0, 0.1) is 16.0 Å². The zero-order chi connectivity index (χ0) is 18.7. The van der Waals surface area contributed by atoms with Gasteiger partial charge in [0.15, 0.2) is 4.90 Å². The van der Waals surface area contributed by atoms with E-state index in [0.29, 0.717) is 5.92 Å². The van der Waals surface area contributed by atoms with Crippen LogP contribution in [0.2, 0.25) is 0 Å². The number of para-hydroxylation sites is 1. The highest BCUT2D eigenvalue weighted by Crippen LogP contribution is 2.28. The summed E-state index contributed by atoms with van der Waals surface area (Å²) in [6.07, 6.45) is 2.42. The van der Waals surface area contributed by atoms with Gasteiger partial charge >= 0.3 is 0 Å². The molecule has 10 heteroatoms. The summed E-state index contributed by atoms with van der Waals surface area (Å²) in [5.74, 6) is 0.639. The van der Waals surface area contributed by atoms with Crippen LogP contribution in [0.5, 0.6) is 0 Å². The van der Waals surface area contributed by atoms with Gasteiger partial charge in [-0.2, -0.15) is 4.31 Å². The minimum atomic E-state index is -3.97. The summed E-state index contributed by atoms with van der Waals surface area (Å²) >= 11 is 0. The predicted molar refractivity (Wildman–Crippen MR) is 94.0 cm³/mol. The van der Waals surface area contributed by atoms with Crippen LogP contribution in [0.4, 0.5) is 5.69 Å². The fourth-order valence-electron chi connectivity index (χ4n) is 2.96. The number of nitrogens with one attached hydrogen (secondary N) is 1. The maximum absolute atomic E-state index is 12.7. The van der Waals surface area contributed by atoms with E-state index in [1.54, 1.807) is 4.90 Å². The van der Waals surface area contributed by atoms with Gasteiger partial charge in [-0.25, -0.2) is 8.42 Å². The van der Waals surface area contributed by atoms with Crippen molar-refractivity contribution in [1.82, 2.24) is 14.5 Å². The molecule has 0 spiro atoms. The van der Waals surface area contributed by atoms with Crippen molar-refractivity contribution in [2.75, 3.05) is 39.3 Å². The van der Waals surface area contributed by atoms with Gasteiger partial charge in [-0.3, -0.25) is 14.9 Å². The molecule has 0 radical (unpaired) electrons. The summed E-state index contributed by atoms with van der Waals surface area (Å²) < 4.78 is 26.7. The molecular formula is C16H22N4O5S. The van der Waals surface area contributed by atoms with E-state index in [1.807, 2.05) is 0 Å². The molecule has 142 valence electrons. The highest BCUT2D eigenvalue weighted by Gasteiger charge is 2.34. The van der Waals surface area contributed by atoms with E-state index in [0.717, 1.165) is 6.54 Å². The number of benzene rings is 1. The average molecular weight is 382 g/mol. The molecule has 9 nitrogen and oxygen atoms in total. The third kappa shape index (κ3) is 4.19. The molecule has 1 aliphatic heterocycles. The van der Waals surface area contributed by atoms with Crippen molar-refractivity contribution in [3.05, 3.63) is 34.4 Å². The van der Waals surface area contributed by atoms with Gasteiger partial charge in [0.05, 0.1) is 11.5 Å². The van der Waals surface area contributed by atoms with Crippen molar-refractivity contribution in [2.24, 2.45) is 5.92 Å². The minimum absolute atomic E-state index is 0.0478. The molecule has 1 aliphatic carbocycles. The molecule has 0 aromatic heterocycles. The van der Waals surface area contributed by atoms with E-state index < -0.39 is 20.6 Å². The van der Waals surface area contributed by atoms with Gasteiger partial charge in [-0.1, -0.05) is 12.1 Å². The van der Waals surface area contributed by atoms with Gasteiger partial charge in [0, 0.05) is 32.2 Å². The minimum Gasteiger partial charge on any atom is -0.339 e. The molecule has 26 heavy (non-hydrogen) atoms. The van der Waals surface area contributed by atoms with Crippen molar-refractivity contribution < 1.29 is 18.1 Å². The fourth-order valence-corrected chi connectivity index (χ4v) is 4.54. The number of carbonyl (C=O) groups is 1. The summed E-state index contributed by atoms with van der Waals surface area (Å²) in [6.45, 7) is 1.92. The first-order valence-electron chi connectivity index (χ1n) is 8.61. The SMILES string of the molecule is O=C(CNCC1CC1)N1CCN(S(=O)(=O)c2ccccc2[N+](=O)[O-])CC1. The molecular weight excluding hydrogens is 360 g/mol. The van der Waals surface area contributed by atoms with Gasteiger partial charge in [-0.15, -0.1) is 0 Å². The molecule has 1 saturated heterocycles. The van der Waals surface area contributed by atoms with E-state index in [9.17, 15) is 23.3 Å². The third-order valence-electron chi connectivity index (χ3n) is 4.68. The van der Waals surface area contributed by atoms with Gasteiger partial charge in [0.2, 0.25) is 15.9 Å². The number of nitro benzene ring substituents is 1. The maximum Gasteiger partial charge on any atom is 0.289 e. The first-order valence-corrected chi connectivity index (χ1v) is 10.1. The smallest absolute Gasteiger partial charge is 0.289 e. The number of piperazine rings is 1. The van der Waals surface area contributed by atoms with E-state index >= 15 is 0 Å². The molecule has 1 aromatic carbocycles. The lowest BCUT2D eigenvalue weighted by Gasteiger charge is -2.34. The zero-order valence-corrected chi connectivity index (χ0v) is 15.2. The Bertz CT molecular complexity index is 786. The Morgan fingerprint density at radius 1 is 1.19 bits per heavy atom. The molecule has 2 fully saturated rings. The Morgan fingerprint density at radius 3 is 2.46 bits per heavy atom. The van der Waals surface area contributed by atoms with E-state index in [2.05, 4.69) is 5.32 Å². The quantitative estimate of drug-likeness (QED) is 0.540.